The highest BCUT2D eigenvalue weighted by Crippen LogP contribution is 2.33. The van der Waals surface area contributed by atoms with E-state index >= 15 is 0 Å². The highest BCUT2D eigenvalue weighted by molar-refractivity contribution is 5.92. The molecule has 1 fully saturated rings. The maximum absolute atomic E-state index is 12.0. The van der Waals surface area contributed by atoms with Crippen LogP contribution < -0.4 is 10.2 Å². The molecule has 1 aromatic heterocycles. The number of ether oxygens (including phenoxy) is 1. The third kappa shape index (κ3) is 5.53. The topological polar surface area (TPSA) is 87.6 Å². The van der Waals surface area contributed by atoms with Crippen LogP contribution in [0.4, 0.5) is 10.6 Å². The van der Waals surface area contributed by atoms with Gasteiger partial charge >= 0.3 is 6.09 Å². The number of anilines is 1. The van der Waals surface area contributed by atoms with Gasteiger partial charge in [0.2, 0.25) is 0 Å². The normalized spacial score (nSPS) is 16.2. The van der Waals surface area contributed by atoms with Crippen molar-refractivity contribution >= 4 is 22.8 Å². The number of rotatable bonds is 6. The van der Waals surface area contributed by atoms with Gasteiger partial charge in [-0.1, -0.05) is 32.0 Å². The van der Waals surface area contributed by atoms with Gasteiger partial charge in [-0.2, -0.15) is 0 Å². The molecule has 7 heteroatoms. The summed E-state index contributed by atoms with van der Waals surface area (Å²) in [6.45, 7) is 8.74. The molecule has 1 aliphatic rings. The van der Waals surface area contributed by atoms with E-state index in [1.165, 1.54) is 0 Å². The summed E-state index contributed by atoms with van der Waals surface area (Å²) in [5.41, 5.74) is 2.59. The van der Waals surface area contributed by atoms with E-state index in [4.69, 9.17) is 14.7 Å². The Labute approximate surface area is 196 Å². The Morgan fingerprint density at radius 2 is 2.09 bits per heavy atom. The van der Waals surface area contributed by atoms with E-state index in [1.807, 2.05) is 32.9 Å². The van der Waals surface area contributed by atoms with E-state index in [9.17, 15) is 9.90 Å². The Morgan fingerprint density at radius 1 is 1.27 bits per heavy atom. The minimum atomic E-state index is -0.356. The van der Waals surface area contributed by atoms with Crippen molar-refractivity contribution < 1.29 is 16.1 Å². The van der Waals surface area contributed by atoms with Gasteiger partial charge < -0.3 is 20.1 Å². The van der Waals surface area contributed by atoms with Gasteiger partial charge in [0, 0.05) is 26.4 Å². The van der Waals surface area contributed by atoms with Crippen molar-refractivity contribution in [3.05, 3.63) is 48.0 Å². The van der Waals surface area contributed by atoms with Crippen molar-refractivity contribution in [1.82, 2.24) is 15.3 Å². The van der Waals surface area contributed by atoms with Gasteiger partial charge in [-0.15, -0.1) is 0 Å². The monoisotopic (exact) mass is 450 g/mol. The number of hydrogen-bond acceptors (Lipinski definition) is 6. The summed E-state index contributed by atoms with van der Waals surface area (Å²) in [5, 5.41) is 14.3. The van der Waals surface area contributed by atoms with Crippen molar-refractivity contribution in [2.24, 2.45) is 11.8 Å². The number of phenolic OH excluding ortho intramolecular Hbond substituents is 1. The molecule has 1 atom stereocenters. The molecule has 2 aromatic carbocycles. The number of amides is 1. The summed E-state index contributed by atoms with van der Waals surface area (Å²) >= 11 is 0. The van der Waals surface area contributed by atoms with Crippen LogP contribution in [0.5, 0.6) is 5.75 Å². The zero-order valence-corrected chi connectivity index (χ0v) is 19.5. The lowest BCUT2D eigenvalue weighted by molar-refractivity contribution is 0.131. The first-order chi connectivity index (χ1) is 15.9. The molecule has 0 saturated carbocycles. The fourth-order valence-corrected chi connectivity index (χ4v) is 4.19. The summed E-state index contributed by atoms with van der Waals surface area (Å²) in [6, 6.07) is 13.3. The number of para-hydroxylation sites is 1. The standard InChI is InChI=1S/C26H32N4O3.H2/c1-17(2)16-33-26(32)27-14-19-7-6-12-30(15-19)25-20-11-10-18(3)13-22(20)28-24(29-25)21-8-4-5-9-23(21)31;/h4-5,8-11,13,17,19,31H,6-7,12,14-16H2,1-3H3,(H,27,32);1H/t19-;/m0./s1. The number of nitrogens with one attached hydrogen (secondary N) is 1. The van der Waals surface area contributed by atoms with Crippen molar-refractivity contribution in [1.29, 1.82) is 0 Å². The van der Waals surface area contributed by atoms with Crippen LogP contribution in [0, 0.1) is 18.8 Å². The Bertz CT molecular complexity index is 1140. The maximum atomic E-state index is 12.0. The van der Waals surface area contributed by atoms with Crippen LogP contribution in [0.1, 0.15) is 33.7 Å². The number of benzene rings is 2. The molecule has 7 nitrogen and oxygen atoms in total. The van der Waals surface area contributed by atoms with Gasteiger partial charge in [0.1, 0.15) is 11.6 Å². The van der Waals surface area contributed by atoms with Crippen molar-refractivity contribution in [3.8, 4) is 17.1 Å². The van der Waals surface area contributed by atoms with Gasteiger partial charge in [0.25, 0.3) is 0 Å². The number of piperidine rings is 1. The molecular weight excluding hydrogens is 416 g/mol. The van der Waals surface area contributed by atoms with E-state index < -0.39 is 0 Å². The second-order valence-electron chi connectivity index (χ2n) is 9.24. The molecule has 1 amide bonds. The largest absolute Gasteiger partial charge is 0.507 e. The third-order valence-corrected chi connectivity index (χ3v) is 5.88. The number of fused-ring (bicyclic) bond motifs is 1. The smallest absolute Gasteiger partial charge is 0.407 e. The maximum Gasteiger partial charge on any atom is 0.407 e. The molecule has 2 heterocycles. The fourth-order valence-electron chi connectivity index (χ4n) is 4.19. The number of aryl methyl sites for hydroxylation is 1. The zero-order valence-electron chi connectivity index (χ0n) is 19.5. The summed E-state index contributed by atoms with van der Waals surface area (Å²) < 4.78 is 5.24. The Kier molecular flexibility index (Phi) is 6.96. The van der Waals surface area contributed by atoms with Crippen molar-refractivity contribution in [2.75, 3.05) is 31.1 Å². The second-order valence-corrected chi connectivity index (χ2v) is 9.24. The minimum absolute atomic E-state index is 0. The molecule has 1 saturated heterocycles. The van der Waals surface area contributed by atoms with Gasteiger partial charge in [0.15, 0.2) is 5.82 Å². The van der Waals surface area contributed by atoms with E-state index in [2.05, 4.69) is 28.4 Å². The van der Waals surface area contributed by atoms with Crippen LogP contribution in [-0.4, -0.2) is 47.4 Å². The van der Waals surface area contributed by atoms with Crippen LogP contribution in [-0.2, 0) is 4.74 Å². The highest BCUT2D eigenvalue weighted by atomic mass is 16.5. The van der Waals surface area contributed by atoms with Crippen LogP contribution in [0.3, 0.4) is 0 Å². The molecule has 0 spiro atoms. The van der Waals surface area contributed by atoms with Crippen LogP contribution in [0.15, 0.2) is 42.5 Å². The molecule has 2 N–H and O–H groups in total. The number of hydrogen-bond donors (Lipinski definition) is 2. The third-order valence-electron chi connectivity index (χ3n) is 5.88. The number of carbonyl (C=O) groups excluding carboxylic acids is 1. The van der Waals surface area contributed by atoms with Crippen LogP contribution in [0.2, 0.25) is 0 Å². The van der Waals surface area contributed by atoms with E-state index in [0.29, 0.717) is 36.4 Å². The van der Waals surface area contributed by atoms with Crippen LogP contribution >= 0.6 is 0 Å². The predicted octanol–water partition coefficient (Wildman–Crippen LogP) is 5.16. The number of aromatic nitrogens is 2. The molecule has 0 aliphatic carbocycles. The van der Waals surface area contributed by atoms with Crippen molar-refractivity contribution in [3.63, 3.8) is 0 Å². The summed E-state index contributed by atoms with van der Waals surface area (Å²) in [5.74, 6) is 2.16. The molecule has 1 aliphatic heterocycles. The lowest BCUT2D eigenvalue weighted by atomic mass is 9.97. The van der Waals surface area contributed by atoms with E-state index in [1.54, 1.807) is 12.1 Å². The van der Waals surface area contributed by atoms with Gasteiger partial charge in [0.05, 0.1) is 17.7 Å². The molecule has 4 rings (SSSR count). The molecular formula is C26H34N4O3. The summed E-state index contributed by atoms with van der Waals surface area (Å²) in [4.78, 5) is 23.9. The Balaban J connectivity index is 0.00000324. The first-order valence-electron chi connectivity index (χ1n) is 11.6. The van der Waals surface area contributed by atoms with E-state index in [-0.39, 0.29) is 13.3 Å². The van der Waals surface area contributed by atoms with Gasteiger partial charge in [-0.05, 0) is 61.4 Å². The number of carbonyl (C=O) groups is 1. The van der Waals surface area contributed by atoms with Crippen LogP contribution in [0.25, 0.3) is 22.3 Å². The molecule has 176 valence electrons. The highest BCUT2D eigenvalue weighted by Gasteiger charge is 2.24. The number of aromatic hydroxyl groups is 1. The van der Waals surface area contributed by atoms with Crippen molar-refractivity contribution in [2.45, 2.75) is 33.6 Å². The first-order valence-corrected chi connectivity index (χ1v) is 11.6. The molecule has 0 bridgehead atoms. The summed E-state index contributed by atoms with van der Waals surface area (Å²) in [6.07, 6.45) is 1.69. The lowest BCUT2D eigenvalue weighted by Gasteiger charge is -2.34. The number of phenols is 1. The SMILES string of the molecule is Cc1ccc2c(N3CCC[C@@H](CNC(=O)OCC(C)C)C3)nc(-c3ccccc3O)nc2c1.[HH]. The molecule has 33 heavy (non-hydrogen) atoms. The van der Waals surface area contributed by atoms with E-state index in [0.717, 1.165) is 48.2 Å². The molecule has 3 aromatic rings. The minimum Gasteiger partial charge on any atom is -0.507 e. The quantitative estimate of drug-likeness (QED) is 0.540. The second kappa shape index (κ2) is 10.1. The van der Waals surface area contributed by atoms with Gasteiger partial charge in [-0.25, -0.2) is 14.8 Å². The predicted molar refractivity (Wildman–Crippen MR) is 133 cm³/mol. The summed E-state index contributed by atoms with van der Waals surface area (Å²) in [7, 11) is 0. The fraction of sp³-hybridized carbons (Fsp3) is 0.423. The number of alkyl carbamates (subject to hydrolysis) is 1. The first kappa shape index (κ1) is 22.8. The average molecular weight is 451 g/mol. The lowest BCUT2D eigenvalue weighted by Crippen LogP contribution is -2.41. The average Bonchev–Trinajstić information content (AvgIpc) is 2.81. The molecule has 0 unspecified atom stereocenters. The van der Waals surface area contributed by atoms with Gasteiger partial charge in [-0.3, -0.25) is 0 Å². The zero-order chi connectivity index (χ0) is 23.4. The Morgan fingerprint density at radius 3 is 2.88 bits per heavy atom. The number of nitrogens with zero attached hydrogens (tertiary/aromatic N) is 3. The Hall–Kier alpha value is -3.35. The molecule has 0 radical (unpaired) electrons.